The van der Waals surface area contributed by atoms with Crippen molar-refractivity contribution in [1.82, 2.24) is 0 Å². The van der Waals surface area contributed by atoms with Crippen molar-refractivity contribution < 1.29 is 19.4 Å². The second kappa shape index (κ2) is 5.32. The molecule has 1 aromatic rings. The molecule has 1 atom stereocenters. The van der Waals surface area contributed by atoms with Crippen LogP contribution in [0.3, 0.4) is 0 Å². The summed E-state index contributed by atoms with van der Waals surface area (Å²) in [5.41, 5.74) is 1.25. The molecule has 88 valence electrons. The molecule has 4 nitrogen and oxygen atoms in total. The molecule has 0 bridgehead atoms. The molecule has 0 saturated heterocycles. The first-order chi connectivity index (χ1) is 7.51. The maximum atomic E-state index is 11.2. The average Bonchev–Trinajstić information content (AvgIpc) is 2.30. The van der Waals surface area contributed by atoms with Gasteiger partial charge in [0.1, 0.15) is 5.75 Å². The highest BCUT2D eigenvalue weighted by atomic mass is 79.9. The Morgan fingerprint density at radius 3 is 2.56 bits per heavy atom. The Morgan fingerprint density at radius 1 is 1.44 bits per heavy atom. The van der Waals surface area contributed by atoms with Gasteiger partial charge in [-0.3, -0.25) is 0 Å². The molecule has 0 aliphatic rings. The lowest BCUT2D eigenvalue weighted by atomic mass is 10.0. The Morgan fingerprint density at radius 2 is 2.06 bits per heavy atom. The van der Waals surface area contributed by atoms with Crippen molar-refractivity contribution in [3.63, 3.8) is 0 Å². The van der Waals surface area contributed by atoms with E-state index in [-0.39, 0.29) is 0 Å². The number of hydrogen-bond donors (Lipinski definition) is 1. The lowest BCUT2D eigenvalue weighted by Crippen LogP contribution is -2.14. The van der Waals surface area contributed by atoms with Crippen LogP contribution in [0, 0.1) is 6.92 Å². The van der Waals surface area contributed by atoms with E-state index in [9.17, 15) is 9.90 Å². The van der Waals surface area contributed by atoms with Gasteiger partial charge in [-0.05, 0) is 30.2 Å². The third kappa shape index (κ3) is 2.54. The molecule has 1 N–H and O–H groups in total. The van der Waals surface area contributed by atoms with Gasteiger partial charge in [-0.2, -0.15) is 0 Å². The predicted molar refractivity (Wildman–Crippen MR) is 62.4 cm³/mol. The first kappa shape index (κ1) is 13.0. The molecule has 0 spiro atoms. The quantitative estimate of drug-likeness (QED) is 0.864. The molecule has 0 fully saturated rings. The summed E-state index contributed by atoms with van der Waals surface area (Å²) in [6, 6.07) is 3.38. The summed E-state index contributed by atoms with van der Waals surface area (Å²) in [6.45, 7) is 1.80. The monoisotopic (exact) mass is 288 g/mol. The lowest BCUT2D eigenvalue weighted by molar-refractivity contribution is -0.150. The Labute approximate surface area is 102 Å². The molecule has 0 amide bonds. The Balaban J connectivity index is 3.21. The van der Waals surface area contributed by atoms with Crippen LogP contribution in [0.4, 0.5) is 0 Å². The van der Waals surface area contributed by atoms with Crippen LogP contribution in [0.1, 0.15) is 17.2 Å². The number of hydrogen-bond acceptors (Lipinski definition) is 4. The molecule has 0 aliphatic heterocycles. The number of aliphatic hydroxyl groups is 1. The smallest absolute Gasteiger partial charge is 0.339 e. The topological polar surface area (TPSA) is 55.8 Å². The number of carbonyl (C=O) groups excluding carboxylic acids is 1. The van der Waals surface area contributed by atoms with E-state index in [1.165, 1.54) is 14.2 Å². The zero-order valence-electron chi connectivity index (χ0n) is 9.28. The van der Waals surface area contributed by atoms with Crippen molar-refractivity contribution in [2.75, 3.05) is 14.2 Å². The molecule has 0 heterocycles. The van der Waals surface area contributed by atoms with Gasteiger partial charge in [0.05, 0.1) is 14.2 Å². The molecule has 0 aromatic heterocycles. The second-order valence-corrected chi connectivity index (χ2v) is 4.10. The third-order valence-electron chi connectivity index (χ3n) is 2.31. The molecule has 1 unspecified atom stereocenters. The summed E-state index contributed by atoms with van der Waals surface area (Å²) >= 11 is 3.33. The normalized spacial score (nSPS) is 12.1. The van der Waals surface area contributed by atoms with E-state index in [1.807, 2.05) is 0 Å². The number of rotatable bonds is 3. The molecule has 0 aliphatic carbocycles. The van der Waals surface area contributed by atoms with Crippen LogP contribution in [-0.4, -0.2) is 25.3 Å². The first-order valence-electron chi connectivity index (χ1n) is 4.61. The summed E-state index contributed by atoms with van der Waals surface area (Å²) in [7, 11) is 2.75. The highest BCUT2D eigenvalue weighted by Gasteiger charge is 2.21. The van der Waals surface area contributed by atoms with Gasteiger partial charge in [0.15, 0.2) is 6.10 Å². The fourth-order valence-electron chi connectivity index (χ4n) is 1.31. The standard InChI is InChI=1S/C11H13BrO4/c1-6-8(10(13)11(14)16-3)4-7(15-2)5-9(6)12/h4-5,10,13H,1-3H3. The Kier molecular flexibility index (Phi) is 4.32. The highest BCUT2D eigenvalue weighted by molar-refractivity contribution is 9.10. The van der Waals surface area contributed by atoms with E-state index >= 15 is 0 Å². The number of benzene rings is 1. The fraction of sp³-hybridized carbons (Fsp3) is 0.364. The van der Waals surface area contributed by atoms with Gasteiger partial charge in [0.25, 0.3) is 0 Å². The van der Waals surface area contributed by atoms with E-state index in [2.05, 4.69) is 20.7 Å². The van der Waals surface area contributed by atoms with E-state index in [0.717, 1.165) is 10.0 Å². The first-order valence-corrected chi connectivity index (χ1v) is 5.40. The summed E-state index contributed by atoms with van der Waals surface area (Å²) < 4.78 is 10.3. The van der Waals surface area contributed by atoms with Crippen molar-refractivity contribution in [3.8, 4) is 5.75 Å². The van der Waals surface area contributed by atoms with E-state index < -0.39 is 12.1 Å². The number of methoxy groups -OCH3 is 2. The molecule has 0 saturated carbocycles. The minimum Gasteiger partial charge on any atom is -0.497 e. The summed E-state index contributed by atoms with van der Waals surface area (Å²) in [5.74, 6) is -0.126. The van der Waals surface area contributed by atoms with E-state index in [0.29, 0.717) is 11.3 Å². The zero-order chi connectivity index (χ0) is 12.3. The number of esters is 1. The van der Waals surface area contributed by atoms with Crippen LogP contribution in [0.25, 0.3) is 0 Å². The molecule has 5 heteroatoms. The van der Waals surface area contributed by atoms with Gasteiger partial charge < -0.3 is 14.6 Å². The maximum absolute atomic E-state index is 11.2. The SMILES string of the molecule is COC(=O)C(O)c1cc(OC)cc(Br)c1C. The van der Waals surface area contributed by atoms with E-state index in [1.54, 1.807) is 19.1 Å². The minimum absolute atomic E-state index is 0.470. The average molecular weight is 289 g/mol. The van der Waals surface area contributed by atoms with Crippen molar-refractivity contribution in [1.29, 1.82) is 0 Å². The molecule has 1 aromatic carbocycles. The second-order valence-electron chi connectivity index (χ2n) is 3.25. The summed E-state index contributed by atoms with van der Waals surface area (Å²) in [5, 5.41) is 9.76. The van der Waals surface area contributed by atoms with Crippen LogP contribution in [0.2, 0.25) is 0 Å². The van der Waals surface area contributed by atoms with Gasteiger partial charge in [-0.25, -0.2) is 4.79 Å². The molecular weight excluding hydrogens is 276 g/mol. The summed E-state index contributed by atoms with van der Waals surface area (Å²) in [4.78, 5) is 11.2. The number of ether oxygens (including phenoxy) is 2. The highest BCUT2D eigenvalue weighted by Crippen LogP contribution is 2.30. The van der Waals surface area contributed by atoms with E-state index in [4.69, 9.17) is 4.74 Å². The summed E-state index contributed by atoms with van der Waals surface area (Å²) in [6.07, 6.45) is -1.30. The van der Waals surface area contributed by atoms with Crippen molar-refractivity contribution in [2.45, 2.75) is 13.0 Å². The number of halogens is 1. The van der Waals surface area contributed by atoms with Crippen LogP contribution >= 0.6 is 15.9 Å². The van der Waals surface area contributed by atoms with Crippen LogP contribution in [0.5, 0.6) is 5.75 Å². The van der Waals surface area contributed by atoms with Crippen molar-refractivity contribution in [3.05, 3.63) is 27.7 Å². The van der Waals surface area contributed by atoms with Gasteiger partial charge >= 0.3 is 5.97 Å². The van der Waals surface area contributed by atoms with Gasteiger partial charge in [0.2, 0.25) is 0 Å². The zero-order valence-corrected chi connectivity index (χ0v) is 10.9. The van der Waals surface area contributed by atoms with Crippen molar-refractivity contribution in [2.24, 2.45) is 0 Å². The minimum atomic E-state index is -1.30. The maximum Gasteiger partial charge on any atom is 0.339 e. The fourth-order valence-corrected chi connectivity index (χ4v) is 1.77. The van der Waals surface area contributed by atoms with Crippen LogP contribution < -0.4 is 4.74 Å². The van der Waals surface area contributed by atoms with Gasteiger partial charge in [-0.1, -0.05) is 15.9 Å². The lowest BCUT2D eigenvalue weighted by Gasteiger charge is -2.14. The molecule has 16 heavy (non-hydrogen) atoms. The number of aliphatic hydroxyl groups excluding tert-OH is 1. The Bertz CT molecular complexity index is 403. The Hall–Kier alpha value is -1.07. The predicted octanol–water partition coefficient (Wildman–Crippen LogP) is 1.97. The van der Waals surface area contributed by atoms with Gasteiger partial charge in [-0.15, -0.1) is 0 Å². The molecular formula is C11H13BrO4. The van der Waals surface area contributed by atoms with Gasteiger partial charge in [0, 0.05) is 4.47 Å². The largest absolute Gasteiger partial charge is 0.497 e. The third-order valence-corrected chi connectivity index (χ3v) is 3.14. The number of carbonyl (C=O) groups is 1. The van der Waals surface area contributed by atoms with Crippen LogP contribution in [0.15, 0.2) is 16.6 Å². The van der Waals surface area contributed by atoms with Crippen molar-refractivity contribution >= 4 is 21.9 Å². The van der Waals surface area contributed by atoms with Crippen LogP contribution in [-0.2, 0) is 9.53 Å². The molecule has 0 radical (unpaired) electrons. The molecule has 1 rings (SSSR count).